The van der Waals surface area contributed by atoms with Crippen LogP contribution in [0.15, 0.2) is 47.3 Å². The Balaban J connectivity index is 1.60. The molecule has 0 atom stereocenters. The quantitative estimate of drug-likeness (QED) is 0.662. The normalized spacial score (nSPS) is 13.9. The largest absolute Gasteiger partial charge is 0.497 e. The van der Waals surface area contributed by atoms with E-state index < -0.39 is 0 Å². The summed E-state index contributed by atoms with van der Waals surface area (Å²) in [6.45, 7) is 1.21. The summed E-state index contributed by atoms with van der Waals surface area (Å²) >= 11 is 0. The Hall–Kier alpha value is -3.15. The minimum absolute atomic E-state index is 0.00230. The summed E-state index contributed by atoms with van der Waals surface area (Å²) in [5.74, 6) is 1.53. The third-order valence-electron chi connectivity index (χ3n) is 5.74. The Morgan fingerprint density at radius 3 is 2.63 bits per heavy atom. The van der Waals surface area contributed by atoms with Crippen LogP contribution < -0.4 is 10.3 Å². The van der Waals surface area contributed by atoms with Crippen molar-refractivity contribution < 1.29 is 9.53 Å². The summed E-state index contributed by atoms with van der Waals surface area (Å²) in [4.78, 5) is 32.4. The van der Waals surface area contributed by atoms with E-state index in [1.807, 2.05) is 28.8 Å². The van der Waals surface area contributed by atoms with Gasteiger partial charge in [0.25, 0.3) is 11.5 Å². The molecule has 6 nitrogen and oxygen atoms in total. The van der Waals surface area contributed by atoms with Crippen molar-refractivity contribution in [3.63, 3.8) is 0 Å². The maximum atomic E-state index is 13.0. The molecule has 30 heavy (non-hydrogen) atoms. The lowest BCUT2D eigenvalue weighted by atomic mass is 10.1. The molecule has 0 unspecified atom stereocenters. The molecule has 0 bridgehead atoms. The number of aromatic nitrogens is 2. The van der Waals surface area contributed by atoms with Crippen LogP contribution in [0.3, 0.4) is 0 Å². The highest BCUT2D eigenvalue weighted by Crippen LogP contribution is 2.18. The zero-order valence-corrected chi connectivity index (χ0v) is 17.6. The maximum Gasteiger partial charge on any atom is 0.261 e. The molecule has 0 N–H and O–H groups in total. The number of rotatable bonds is 4. The summed E-state index contributed by atoms with van der Waals surface area (Å²) in [7, 11) is 3.41. The van der Waals surface area contributed by atoms with Crippen molar-refractivity contribution in [3.05, 3.63) is 69.8 Å². The summed E-state index contributed by atoms with van der Waals surface area (Å²) in [6.07, 6.45) is 5.18. The smallest absolute Gasteiger partial charge is 0.261 e. The number of amides is 1. The standard InChI is InChI=1S/C24H27N3O3/c1-26(16-17-8-11-19(30-2)12-9-17)23(28)18-10-13-20-21(15-18)25-22-7-5-3-4-6-14-27(22)24(20)29/h8-13,15H,3-7,14,16H2,1-2H3. The highest BCUT2D eigenvalue weighted by Gasteiger charge is 2.17. The number of hydrogen-bond donors (Lipinski definition) is 0. The first-order valence-electron chi connectivity index (χ1n) is 10.5. The lowest BCUT2D eigenvalue weighted by Crippen LogP contribution is -2.28. The van der Waals surface area contributed by atoms with Crippen LogP contribution in [0.5, 0.6) is 5.75 Å². The minimum Gasteiger partial charge on any atom is -0.497 e. The number of fused-ring (bicyclic) bond motifs is 2. The fraction of sp³-hybridized carbons (Fsp3) is 0.375. The second kappa shape index (κ2) is 8.69. The van der Waals surface area contributed by atoms with Gasteiger partial charge in [-0.15, -0.1) is 0 Å². The molecule has 0 fully saturated rings. The summed E-state index contributed by atoms with van der Waals surface area (Å²) in [6, 6.07) is 12.9. The fourth-order valence-electron chi connectivity index (χ4n) is 4.03. The van der Waals surface area contributed by atoms with Gasteiger partial charge in [0.15, 0.2) is 0 Å². The van der Waals surface area contributed by atoms with Gasteiger partial charge in [0.05, 0.1) is 18.0 Å². The molecule has 1 amide bonds. The number of nitrogens with zero attached hydrogens (tertiary/aromatic N) is 3. The Bertz CT molecular complexity index is 1120. The molecule has 0 spiro atoms. The molecular weight excluding hydrogens is 378 g/mol. The SMILES string of the molecule is COc1ccc(CN(C)C(=O)c2ccc3c(=O)n4c(nc3c2)CCCCCC4)cc1. The zero-order chi connectivity index (χ0) is 21.1. The van der Waals surface area contributed by atoms with E-state index in [0.29, 0.717) is 23.0 Å². The third kappa shape index (κ3) is 4.08. The van der Waals surface area contributed by atoms with Crippen molar-refractivity contribution in [2.45, 2.75) is 45.2 Å². The predicted molar refractivity (Wildman–Crippen MR) is 117 cm³/mol. The highest BCUT2D eigenvalue weighted by atomic mass is 16.5. The predicted octanol–water partition coefficient (Wildman–Crippen LogP) is 3.79. The van der Waals surface area contributed by atoms with E-state index >= 15 is 0 Å². The number of ether oxygens (including phenoxy) is 1. The van der Waals surface area contributed by atoms with Crippen molar-refractivity contribution in [2.24, 2.45) is 0 Å². The second-order valence-corrected chi connectivity index (χ2v) is 7.89. The van der Waals surface area contributed by atoms with E-state index in [0.717, 1.165) is 49.4 Å². The van der Waals surface area contributed by atoms with Crippen molar-refractivity contribution >= 4 is 16.8 Å². The lowest BCUT2D eigenvalue weighted by molar-refractivity contribution is 0.0785. The number of carbonyl (C=O) groups is 1. The average Bonchev–Trinajstić information content (AvgIpc) is 2.74. The molecule has 0 saturated heterocycles. The van der Waals surface area contributed by atoms with E-state index in [2.05, 4.69) is 0 Å². The van der Waals surface area contributed by atoms with Crippen LogP contribution >= 0.6 is 0 Å². The van der Waals surface area contributed by atoms with E-state index in [9.17, 15) is 9.59 Å². The first kappa shape index (κ1) is 20.1. The molecule has 0 saturated carbocycles. The molecule has 0 radical (unpaired) electrons. The van der Waals surface area contributed by atoms with Crippen molar-refractivity contribution in [1.29, 1.82) is 0 Å². The molecular formula is C24H27N3O3. The van der Waals surface area contributed by atoms with Crippen LogP contribution in [0, 0.1) is 0 Å². The molecule has 3 aromatic rings. The van der Waals surface area contributed by atoms with Gasteiger partial charge in [-0.05, 0) is 48.7 Å². The van der Waals surface area contributed by atoms with Gasteiger partial charge in [0.2, 0.25) is 0 Å². The molecule has 2 aromatic carbocycles. The Labute approximate surface area is 176 Å². The van der Waals surface area contributed by atoms with Gasteiger partial charge in [0, 0.05) is 32.1 Å². The highest BCUT2D eigenvalue weighted by molar-refractivity contribution is 5.97. The summed E-state index contributed by atoms with van der Waals surface area (Å²) in [5, 5.41) is 0.577. The zero-order valence-electron chi connectivity index (χ0n) is 17.6. The number of benzene rings is 2. The van der Waals surface area contributed by atoms with Gasteiger partial charge < -0.3 is 9.64 Å². The Morgan fingerprint density at radius 2 is 1.87 bits per heavy atom. The van der Waals surface area contributed by atoms with Crippen LogP contribution in [0.2, 0.25) is 0 Å². The monoisotopic (exact) mass is 405 g/mol. The van der Waals surface area contributed by atoms with Crippen molar-refractivity contribution in [1.82, 2.24) is 14.5 Å². The van der Waals surface area contributed by atoms with Gasteiger partial charge >= 0.3 is 0 Å². The molecule has 2 heterocycles. The number of carbonyl (C=O) groups excluding carboxylic acids is 1. The van der Waals surface area contributed by atoms with Gasteiger partial charge in [-0.2, -0.15) is 0 Å². The van der Waals surface area contributed by atoms with E-state index in [1.54, 1.807) is 37.3 Å². The molecule has 6 heteroatoms. The molecule has 1 aliphatic rings. The van der Waals surface area contributed by atoms with Crippen LogP contribution in [-0.2, 0) is 19.5 Å². The van der Waals surface area contributed by atoms with E-state index in [4.69, 9.17) is 9.72 Å². The van der Waals surface area contributed by atoms with Crippen LogP contribution in [0.25, 0.3) is 10.9 Å². The molecule has 1 aromatic heterocycles. The first-order valence-corrected chi connectivity index (χ1v) is 10.5. The second-order valence-electron chi connectivity index (χ2n) is 7.89. The summed E-state index contributed by atoms with van der Waals surface area (Å²) < 4.78 is 7.00. The first-order chi connectivity index (χ1) is 14.6. The molecule has 1 aliphatic heterocycles. The third-order valence-corrected chi connectivity index (χ3v) is 5.74. The van der Waals surface area contributed by atoms with Crippen LogP contribution in [0.1, 0.15) is 47.4 Å². The number of methoxy groups -OCH3 is 1. The number of aryl methyl sites for hydroxylation is 1. The molecule has 156 valence electrons. The van der Waals surface area contributed by atoms with E-state index in [-0.39, 0.29) is 11.5 Å². The van der Waals surface area contributed by atoms with Gasteiger partial charge in [-0.25, -0.2) is 4.98 Å². The molecule has 0 aliphatic carbocycles. The van der Waals surface area contributed by atoms with Gasteiger partial charge in [-0.1, -0.05) is 25.0 Å². The summed E-state index contributed by atoms with van der Waals surface area (Å²) in [5.41, 5.74) is 2.17. The van der Waals surface area contributed by atoms with E-state index in [1.165, 1.54) is 6.42 Å². The van der Waals surface area contributed by atoms with Crippen molar-refractivity contribution in [2.75, 3.05) is 14.2 Å². The maximum absolute atomic E-state index is 13.0. The average molecular weight is 405 g/mol. The van der Waals surface area contributed by atoms with Crippen molar-refractivity contribution in [3.8, 4) is 5.75 Å². The number of hydrogen-bond acceptors (Lipinski definition) is 4. The minimum atomic E-state index is -0.0960. The van der Waals surface area contributed by atoms with Gasteiger partial charge in [0.1, 0.15) is 11.6 Å². The van der Waals surface area contributed by atoms with Crippen LogP contribution in [-0.4, -0.2) is 34.5 Å². The Kier molecular flexibility index (Phi) is 5.84. The Morgan fingerprint density at radius 1 is 1.10 bits per heavy atom. The fourth-order valence-corrected chi connectivity index (χ4v) is 4.03. The van der Waals surface area contributed by atoms with Crippen LogP contribution in [0.4, 0.5) is 0 Å². The topological polar surface area (TPSA) is 64.4 Å². The molecule has 4 rings (SSSR count). The lowest BCUT2D eigenvalue weighted by Gasteiger charge is -2.19. The van der Waals surface area contributed by atoms with Gasteiger partial charge in [-0.3, -0.25) is 14.2 Å².